The first-order valence-corrected chi connectivity index (χ1v) is 13.8. The molecule has 1 saturated carbocycles. The number of hydrogen-bond donors (Lipinski definition) is 3. The lowest BCUT2D eigenvalue weighted by molar-refractivity contribution is -0.137. The van der Waals surface area contributed by atoms with Gasteiger partial charge in [-0.25, -0.2) is 13.9 Å². The van der Waals surface area contributed by atoms with E-state index >= 15 is 0 Å². The van der Waals surface area contributed by atoms with Crippen molar-refractivity contribution in [1.29, 1.82) is 0 Å². The van der Waals surface area contributed by atoms with Gasteiger partial charge in [0.25, 0.3) is 5.91 Å². The lowest BCUT2D eigenvalue weighted by Gasteiger charge is -2.37. The number of carbonyl (C=O) groups excluding carboxylic acids is 2. The minimum absolute atomic E-state index is 0.00660. The lowest BCUT2D eigenvalue weighted by Crippen LogP contribution is -2.54. The summed E-state index contributed by atoms with van der Waals surface area (Å²) < 4.78 is 33.9. The highest BCUT2D eigenvalue weighted by atomic mass is 32.2. The van der Waals surface area contributed by atoms with Gasteiger partial charge in [0.2, 0.25) is 15.9 Å². The first-order chi connectivity index (χ1) is 16.8. The van der Waals surface area contributed by atoms with Crippen molar-refractivity contribution in [2.24, 2.45) is 5.92 Å². The summed E-state index contributed by atoms with van der Waals surface area (Å²) in [5, 5.41) is 12.7. The van der Waals surface area contributed by atoms with E-state index in [0.29, 0.717) is 37.7 Å². The SMILES string of the molecule is CNC1CCN(C(=O)CCN(C(C(=O)NO)C2CCCCC2)S(=O)(=O)c2ccc(OC)cc2)CC1. The summed E-state index contributed by atoms with van der Waals surface area (Å²) in [5.74, 6) is -0.643. The fourth-order valence-corrected chi connectivity index (χ4v) is 6.82. The second-order valence-electron chi connectivity index (χ2n) is 9.30. The Labute approximate surface area is 208 Å². The van der Waals surface area contributed by atoms with Crippen molar-refractivity contribution in [1.82, 2.24) is 20.0 Å². The standard InChI is InChI=1S/C24H38N4O6S/c1-25-19-12-15-27(16-13-19)22(29)14-17-28(23(24(30)26-31)18-6-4-3-5-7-18)35(32,33)21-10-8-20(34-2)9-11-21/h8-11,18-19,23,25,31H,3-7,12-17H2,1-2H3,(H,26,30). The highest BCUT2D eigenvalue weighted by molar-refractivity contribution is 7.89. The molecule has 1 aromatic carbocycles. The molecule has 1 saturated heterocycles. The van der Waals surface area contributed by atoms with Gasteiger partial charge >= 0.3 is 0 Å². The summed E-state index contributed by atoms with van der Waals surface area (Å²) in [7, 11) is -0.748. The predicted molar refractivity (Wildman–Crippen MR) is 130 cm³/mol. The molecular weight excluding hydrogens is 472 g/mol. The van der Waals surface area contributed by atoms with Crippen LogP contribution in [0.5, 0.6) is 5.75 Å². The summed E-state index contributed by atoms with van der Waals surface area (Å²) >= 11 is 0. The highest BCUT2D eigenvalue weighted by Crippen LogP contribution is 2.32. The first kappa shape index (κ1) is 27.4. The van der Waals surface area contributed by atoms with Crippen LogP contribution in [0.1, 0.15) is 51.4 Å². The highest BCUT2D eigenvalue weighted by Gasteiger charge is 2.41. The Kier molecular flexibility index (Phi) is 9.90. The van der Waals surface area contributed by atoms with Gasteiger partial charge in [-0.3, -0.25) is 14.8 Å². The Morgan fingerprint density at radius 1 is 1.11 bits per heavy atom. The van der Waals surface area contributed by atoms with Gasteiger partial charge < -0.3 is 15.0 Å². The van der Waals surface area contributed by atoms with E-state index in [9.17, 15) is 23.2 Å². The van der Waals surface area contributed by atoms with Crippen LogP contribution in [0.25, 0.3) is 0 Å². The average molecular weight is 511 g/mol. The zero-order chi connectivity index (χ0) is 25.4. The molecule has 1 aliphatic carbocycles. The normalized spacial score (nSPS) is 18.9. The number of likely N-dealkylation sites (tertiary alicyclic amines) is 1. The van der Waals surface area contributed by atoms with Gasteiger partial charge in [0, 0.05) is 32.1 Å². The Morgan fingerprint density at radius 3 is 2.29 bits per heavy atom. The molecule has 10 nitrogen and oxygen atoms in total. The van der Waals surface area contributed by atoms with E-state index in [4.69, 9.17) is 4.74 Å². The number of methoxy groups -OCH3 is 1. The maximum absolute atomic E-state index is 13.8. The molecule has 196 valence electrons. The van der Waals surface area contributed by atoms with Gasteiger partial charge in [-0.1, -0.05) is 19.3 Å². The van der Waals surface area contributed by atoms with E-state index in [1.165, 1.54) is 19.2 Å². The quantitative estimate of drug-likeness (QED) is 0.323. The molecule has 1 aliphatic heterocycles. The Bertz CT molecular complexity index is 941. The van der Waals surface area contributed by atoms with Gasteiger partial charge in [-0.05, 0) is 62.9 Å². The molecule has 0 spiro atoms. The molecular formula is C24H38N4O6S. The molecule has 2 fully saturated rings. The van der Waals surface area contributed by atoms with Crippen LogP contribution in [0.15, 0.2) is 29.2 Å². The van der Waals surface area contributed by atoms with Gasteiger partial charge in [0.05, 0.1) is 12.0 Å². The summed E-state index contributed by atoms with van der Waals surface area (Å²) in [6, 6.07) is 5.22. The van der Waals surface area contributed by atoms with Crippen LogP contribution >= 0.6 is 0 Å². The summed E-state index contributed by atoms with van der Waals surface area (Å²) in [4.78, 5) is 27.6. The molecule has 3 N–H and O–H groups in total. The number of benzene rings is 1. The third kappa shape index (κ3) is 6.72. The molecule has 1 unspecified atom stereocenters. The Hall–Kier alpha value is -2.21. The van der Waals surface area contributed by atoms with Crippen LogP contribution in [0, 0.1) is 5.92 Å². The van der Waals surface area contributed by atoms with E-state index in [1.54, 1.807) is 22.5 Å². The molecule has 2 aliphatic rings. The van der Waals surface area contributed by atoms with Crippen LogP contribution in [-0.4, -0.2) is 80.5 Å². The van der Waals surface area contributed by atoms with Crippen molar-refractivity contribution >= 4 is 21.8 Å². The number of amides is 2. The van der Waals surface area contributed by atoms with Crippen molar-refractivity contribution < 1.29 is 28.0 Å². The van der Waals surface area contributed by atoms with Gasteiger partial charge in [0.15, 0.2) is 0 Å². The number of rotatable bonds is 10. The number of carbonyl (C=O) groups is 2. The third-order valence-electron chi connectivity index (χ3n) is 7.25. The lowest BCUT2D eigenvalue weighted by atomic mass is 9.83. The maximum atomic E-state index is 13.8. The number of nitrogens with zero attached hydrogens (tertiary/aromatic N) is 2. The summed E-state index contributed by atoms with van der Waals surface area (Å²) in [6.07, 6.45) is 5.79. The van der Waals surface area contributed by atoms with E-state index in [1.807, 2.05) is 7.05 Å². The largest absolute Gasteiger partial charge is 0.497 e. The predicted octanol–water partition coefficient (Wildman–Crippen LogP) is 1.74. The molecule has 3 rings (SSSR count). The zero-order valence-electron chi connectivity index (χ0n) is 20.6. The van der Waals surface area contributed by atoms with Gasteiger partial charge in [0.1, 0.15) is 11.8 Å². The monoisotopic (exact) mass is 510 g/mol. The van der Waals surface area contributed by atoms with Crippen molar-refractivity contribution in [3.8, 4) is 5.75 Å². The number of piperidine rings is 1. The smallest absolute Gasteiger partial charge is 0.262 e. The van der Waals surface area contributed by atoms with Crippen molar-refractivity contribution in [2.45, 2.75) is 68.3 Å². The molecule has 1 aromatic rings. The van der Waals surface area contributed by atoms with Crippen molar-refractivity contribution in [2.75, 3.05) is 33.8 Å². The second-order valence-corrected chi connectivity index (χ2v) is 11.2. The summed E-state index contributed by atoms with van der Waals surface area (Å²) in [5.41, 5.74) is 1.68. The minimum Gasteiger partial charge on any atom is -0.497 e. The fourth-order valence-electron chi connectivity index (χ4n) is 5.17. The molecule has 11 heteroatoms. The van der Waals surface area contributed by atoms with Crippen molar-refractivity contribution in [3.05, 3.63) is 24.3 Å². The molecule has 0 radical (unpaired) electrons. The van der Waals surface area contributed by atoms with Crippen LogP contribution in [0.4, 0.5) is 0 Å². The maximum Gasteiger partial charge on any atom is 0.262 e. The molecule has 1 atom stereocenters. The van der Waals surface area contributed by atoms with E-state index in [-0.39, 0.29) is 29.7 Å². The third-order valence-corrected chi connectivity index (χ3v) is 9.15. The van der Waals surface area contributed by atoms with Crippen LogP contribution < -0.4 is 15.5 Å². The van der Waals surface area contributed by atoms with Crippen LogP contribution in [0.2, 0.25) is 0 Å². The molecule has 2 amide bonds. The number of nitrogens with one attached hydrogen (secondary N) is 2. The van der Waals surface area contributed by atoms with E-state index in [2.05, 4.69) is 5.32 Å². The summed E-state index contributed by atoms with van der Waals surface area (Å²) in [6.45, 7) is 1.07. The Balaban J connectivity index is 1.87. The molecule has 1 heterocycles. The number of hydroxylamine groups is 1. The first-order valence-electron chi connectivity index (χ1n) is 12.4. The number of sulfonamides is 1. The minimum atomic E-state index is -4.14. The topological polar surface area (TPSA) is 128 Å². The number of ether oxygens (including phenoxy) is 1. The molecule has 0 bridgehead atoms. The van der Waals surface area contributed by atoms with Gasteiger partial charge in [-0.2, -0.15) is 4.31 Å². The molecule has 0 aromatic heterocycles. The van der Waals surface area contributed by atoms with E-state index in [0.717, 1.165) is 36.4 Å². The zero-order valence-corrected chi connectivity index (χ0v) is 21.4. The molecule has 35 heavy (non-hydrogen) atoms. The van der Waals surface area contributed by atoms with Crippen molar-refractivity contribution in [3.63, 3.8) is 0 Å². The average Bonchev–Trinajstić information content (AvgIpc) is 2.90. The van der Waals surface area contributed by atoms with Crippen LogP contribution in [0.3, 0.4) is 0 Å². The second kappa shape index (κ2) is 12.7. The number of hydrogen-bond acceptors (Lipinski definition) is 7. The van der Waals surface area contributed by atoms with Crippen LogP contribution in [-0.2, 0) is 19.6 Å². The van der Waals surface area contributed by atoms with Gasteiger partial charge in [-0.15, -0.1) is 0 Å². The Morgan fingerprint density at radius 2 is 1.74 bits per heavy atom. The van der Waals surface area contributed by atoms with E-state index < -0.39 is 22.0 Å². The fraction of sp³-hybridized carbons (Fsp3) is 0.667.